The number of methoxy groups -OCH3 is 1. The van der Waals surface area contributed by atoms with Crippen LogP contribution >= 0.6 is 0 Å². The number of imide groups is 1. The molecule has 8 heteroatoms. The van der Waals surface area contributed by atoms with Gasteiger partial charge in [-0.3, -0.25) is 14.5 Å². The van der Waals surface area contributed by atoms with Crippen molar-refractivity contribution in [3.8, 4) is 5.75 Å². The van der Waals surface area contributed by atoms with Crippen molar-refractivity contribution in [1.29, 1.82) is 0 Å². The van der Waals surface area contributed by atoms with Crippen molar-refractivity contribution in [3.05, 3.63) is 59.2 Å². The summed E-state index contributed by atoms with van der Waals surface area (Å²) in [5.74, 6) is -0.0773. The molecule has 0 spiro atoms. The Kier molecular flexibility index (Phi) is 5.03. The van der Waals surface area contributed by atoms with Gasteiger partial charge in [0.2, 0.25) is 15.9 Å². The lowest BCUT2D eigenvalue weighted by molar-refractivity contribution is -0.134. The second-order valence-electron chi connectivity index (χ2n) is 7.24. The number of hydrogen-bond acceptors (Lipinski definition) is 5. The van der Waals surface area contributed by atoms with Crippen molar-refractivity contribution in [1.82, 2.24) is 4.90 Å². The third-order valence-electron chi connectivity index (χ3n) is 5.03. The molecule has 0 atom stereocenters. The van der Waals surface area contributed by atoms with Gasteiger partial charge < -0.3 is 4.74 Å². The molecule has 28 heavy (non-hydrogen) atoms. The van der Waals surface area contributed by atoms with Crippen molar-refractivity contribution < 1.29 is 22.7 Å². The average Bonchev–Trinajstić information content (AvgIpc) is 2.66. The molecular formula is C20H22N2O5S. The van der Waals surface area contributed by atoms with Crippen LogP contribution in [-0.4, -0.2) is 38.8 Å². The van der Waals surface area contributed by atoms with Crippen molar-refractivity contribution in [2.75, 3.05) is 13.7 Å². The number of carbonyl (C=O) groups is 2. The quantitative estimate of drug-likeness (QED) is 0.768. The lowest BCUT2D eigenvalue weighted by Crippen LogP contribution is -2.52. The Labute approximate surface area is 164 Å². The zero-order chi connectivity index (χ0) is 20.7. The zero-order valence-corrected chi connectivity index (χ0v) is 16.7. The van der Waals surface area contributed by atoms with Crippen LogP contribution < -0.4 is 9.88 Å². The normalized spacial score (nSPS) is 16.1. The predicted molar refractivity (Wildman–Crippen MR) is 104 cm³/mol. The number of nitrogens with zero attached hydrogens (tertiary/aromatic N) is 1. The second kappa shape index (κ2) is 7.03. The van der Waals surface area contributed by atoms with Gasteiger partial charge in [-0.1, -0.05) is 18.2 Å². The van der Waals surface area contributed by atoms with Gasteiger partial charge >= 0.3 is 0 Å². The average molecular weight is 402 g/mol. The topological polar surface area (TPSA) is 107 Å². The molecule has 2 N–H and O–H groups in total. The minimum absolute atomic E-state index is 0.0172. The van der Waals surface area contributed by atoms with Crippen molar-refractivity contribution in [2.24, 2.45) is 5.14 Å². The third kappa shape index (κ3) is 3.53. The fourth-order valence-corrected chi connectivity index (χ4v) is 3.87. The molecule has 0 radical (unpaired) electrons. The van der Waals surface area contributed by atoms with Gasteiger partial charge in [0.1, 0.15) is 5.75 Å². The molecule has 0 bridgehead atoms. The van der Waals surface area contributed by atoms with Crippen LogP contribution in [0.5, 0.6) is 5.75 Å². The molecule has 0 saturated carbocycles. The van der Waals surface area contributed by atoms with Gasteiger partial charge in [-0.25, -0.2) is 13.6 Å². The first-order chi connectivity index (χ1) is 13.1. The molecule has 2 aromatic carbocycles. The van der Waals surface area contributed by atoms with Crippen molar-refractivity contribution >= 4 is 21.8 Å². The molecule has 0 fully saturated rings. The molecule has 0 unspecified atom stereocenters. The summed E-state index contributed by atoms with van der Waals surface area (Å²) in [5.41, 5.74) is 1.08. The van der Waals surface area contributed by atoms with E-state index in [1.54, 1.807) is 44.2 Å². The number of benzene rings is 2. The first kappa shape index (κ1) is 20.0. The van der Waals surface area contributed by atoms with Gasteiger partial charge in [-0.15, -0.1) is 0 Å². The predicted octanol–water partition coefficient (Wildman–Crippen LogP) is 1.85. The molecule has 0 saturated heterocycles. The van der Waals surface area contributed by atoms with Crippen LogP contribution in [0.15, 0.2) is 47.4 Å². The molecule has 7 nitrogen and oxygen atoms in total. The van der Waals surface area contributed by atoms with Gasteiger partial charge in [-0.2, -0.15) is 0 Å². The van der Waals surface area contributed by atoms with Crippen LogP contribution in [0.25, 0.3) is 0 Å². The monoisotopic (exact) mass is 402 g/mol. The summed E-state index contributed by atoms with van der Waals surface area (Å²) in [4.78, 5) is 27.2. The Bertz CT molecular complexity index is 1040. The van der Waals surface area contributed by atoms with E-state index in [-0.39, 0.29) is 23.3 Å². The SMILES string of the molecule is COc1ccc2c(c1)C(=O)N(CCc1ccc(S(N)(=O)=O)cc1)C(=O)C2(C)C. The molecular weight excluding hydrogens is 380 g/mol. The van der Waals surface area contributed by atoms with E-state index in [1.807, 2.05) is 0 Å². The highest BCUT2D eigenvalue weighted by molar-refractivity contribution is 7.89. The van der Waals surface area contributed by atoms with Gasteiger partial charge in [-0.05, 0) is 55.7 Å². The van der Waals surface area contributed by atoms with Crippen molar-refractivity contribution in [3.63, 3.8) is 0 Å². The molecule has 1 aliphatic rings. The molecule has 0 aromatic heterocycles. The van der Waals surface area contributed by atoms with Crippen LogP contribution in [-0.2, 0) is 26.7 Å². The maximum atomic E-state index is 13.0. The molecule has 148 valence electrons. The van der Waals surface area contributed by atoms with Crippen LogP contribution in [0, 0.1) is 0 Å². The summed E-state index contributed by atoms with van der Waals surface area (Å²) < 4.78 is 27.9. The largest absolute Gasteiger partial charge is 0.497 e. The molecule has 1 aliphatic heterocycles. The van der Waals surface area contributed by atoms with Gasteiger partial charge in [0.15, 0.2) is 0 Å². The van der Waals surface area contributed by atoms with E-state index in [0.717, 1.165) is 5.56 Å². The maximum absolute atomic E-state index is 13.0. The fraction of sp³-hybridized carbons (Fsp3) is 0.300. The Balaban J connectivity index is 1.86. The van der Waals surface area contributed by atoms with E-state index < -0.39 is 15.4 Å². The summed E-state index contributed by atoms with van der Waals surface area (Å²) >= 11 is 0. The summed E-state index contributed by atoms with van der Waals surface area (Å²) in [6.07, 6.45) is 0.401. The van der Waals surface area contributed by atoms with Crippen LogP contribution in [0.1, 0.15) is 35.3 Å². The van der Waals surface area contributed by atoms with Gasteiger partial charge in [0.25, 0.3) is 5.91 Å². The Hall–Kier alpha value is -2.71. The van der Waals surface area contributed by atoms with E-state index in [1.165, 1.54) is 24.1 Å². The Morgan fingerprint density at radius 2 is 1.71 bits per heavy atom. The zero-order valence-electron chi connectivity index (χ0n) is 15.9. The van der Waals surface area contributed by atoms with Crippen LogP contribution in [0.4, 0.5) is 0 Å². The Morgan fingerprint density at radius 3 is 2.29 bits per heavy atom. The van der Waals surface area contributed by atoms with Crippen LogP contribution in [0.3, 0.4) is 0 Å². The highest BCUT2D eigenvalue weighted by Gasteiger charge is 2.44. The fourth-order valence-electron chi connectivity index (χ4n) is 3.35. The number of sulfonamides is 1. The van der Waals surface area contributed by atoms with Crippen molar-refractivity contribution in [2.45, 2.75) is 30.6 Å². The number of rotatable bonds is 5. The minimum atomic E-state index is -3.76. The number of nitrogens with two attached hydrogens (primary N) is 1. The van der Waals surface area contributed by atoms with E-state index in [4.69, 9.17) is 9.88 Å². The summed E-state index contributed by atoms with van der Waals surface area (Å²) in [5, 5.41) is 5.10. The maximum Gasteiger partial charge on any atom is 0.260 e. The molecule has 0 aliphatic carbocycles. The lowest BCUT2D eigenvalue weighted by Gasteiger charge is -2.37. The van der Waals surface area contributed by atoms with E-state index in [2.05, 4.69) is 0 Å². The highest BCUT2D eigenvalue weighted by Crippen LogP contribution is 2.36. The molecule has 2 aromatic rings. The number of carbonyl (C=O) groups excluding carboxylic acids is 2. The number of ether oxygens (including phenoxy) is 1. The van der Waals surface area contributed by atoms with Crippen LogP contribution in [0.2, 0.25) is 0 Å². The van der Waals surface area contributed by atoms with Gasteiger partial charge in [0.05, 0.1) is 17.4 Å². The summed E-state index contributed by atoms with van der Waals surface area (Å²) in [6.45, 7) is 3.77. The number of amides is 2. The Morgan fingerprint density at radius 1 is 1.07 bits per heavy atom. The highest BCUT2D eigenvalue weighted by atomic mass is 32.2. The standard InChI is InChI=1S/C20H22N2O5S/c1-20(2)17-9-6-14(27-3)12-16(17)18(23)22(19(20)24)11-10-13-4-7-15(8-5-13)28(21,25)26/h4-9,12H,10-11H2,1-3H3,(H2,21,25,26). The second-order valence-corrected chi connectivity index (χ2v) is 8.80. The van der Waals surface area contributed by atoms with E-state index in [9.17, 15) is 18.0 Å². The minimum Gasteiger partial charge on any atom is -0.497 e. The number of hydrogen-bond donors (Lipinski definition) is 1. The summed E-state index contributed by atoms with van der Waals surface area (Å²) in [7, 11) is -2.24. The van der Waals surface area contributed by atoms with E-state index in [0.29, 0.717) is 23.3 Å². The first-order valence-electron chi connectivity index (χ1n) is 8.72. The molecule has 3 rings (SSSR count). The first-order valence-corrected chi connectivity index (χ1v) is 10.3. The number of fused-ring (bicyclic) bond motifs is 1. The summed E-state index contributed by atoms with van der Waals surface area (Å²) in [6, 6.07) is 11.2. The molecule has 2 amide bonds. The van der Waals surface area contributed by atoms with Gasteiger partial charge in [0, 0.05) is 12.1 Å². The smallest absolute Gasteiger partial charge is 0.260 e. The lowest BCUT2D eigenvalue weighted by atomic mass is 9.77. The van der Waals surface area contributed by atoms with E-state index >= 15 is 0 Å². The number of primary sulfonamides is 1. The molecule has 1 heterocycles. The third-order valence-corrected chi connectivity index (χ3v) is 5.96.